The molecule has 0 unspecified atom stereocenters. The molecule has 7 nitrogen and oxygen atoms in total. The molecule has 240 valence electrons. The second-order valence-corrected chi connectivity index (χ2v) is 12.9. The molecule has 0 radical (unpaired) electrons. The summed E-state index contributed by atoms with van der Waals surface area (Å²) < 4.78 is 13.2. The number of aliphatic hydroxyl groups excluding tert-OH is 1. The van der Waals surface area contributed by atoms with E-state index in [0.29, 0.717) is 30.8 Å². The van der Waals surface area contributed by atoms with Crippen LogP contribution in [0.25, 0.3) is 11.1 Å². The number of ether oxygens (including phenoxy) is 2. The number of piperidine rings is 1. The van der Waals surface area contributed by atoms with Gasteiger partial charge in [-0.1, -0.05) is 90.5 Å². The topological polar surface area (TPSA) is 91.3 Å². The summed E-state index contributed by atoms with van der Waals surface area (Å²) in [7, 11) is 0. The van der Waals surface area contributed by atoms with E-state index in [9.17, 15) is 15.0 Å². The highest BCUT2D eigenvalue weighted by Crippen LogP contribution is 2.40. The predicted molar refractivity (Wildman–Crippen MR) is 179 cm³/mol. The standard InChI is InChI=1S/C38H41ClN2O5/c1-26(43)40-23-28-3-2-4-32(21-28)29-9-11-31(12-10-29)37-45-35(22-36(46-37)30-7-5-27(25-42)6-8-30)24-41-19-17-38(44,18-20-41)33-13-15-34(39)16-14-33/h2-16,21,35-37,42,44H,17-20,22-25H2,1H3,(H,40,43)/t35-,36+,37+/m0/s1. The zero-order chi connectivity index (χ0) is 32.1. The highest BCUT2D eigenvalue weighted by molar-refractivity contribution is 6.30. The Balaban J connectivity index is 1.16. The van der Waals surface area contributed by atoms with Crippen molar-refractivity contribution in [1.82, 2.24) is 10.2 Å². The van der Waals surface area contributed by atoms with E-state index in [1.54, 1.807) is 0 Å². The monoisotopic (exact) mass is 640 g/mol. The minimum Gasteiger partial charge on any atom is -0.392 e. The van der Waals surface area contributed by atoms with E-state index in [2.05, 4.69) is 46.6 Å². The second-order valence-electron chi connectivity index (χ2n) is 12.4. The van der Waals surface area contributed by atoms with Crippen LogP contribution in [-0.4, -0.2) is 46.8 Å². The number of nitrogens with zero attached hydrogens (tertiary/aromatic N) is 1. The number of hydrogen-bond donors (Lipinski definition) is 3. The highest BCUT2D eigenvalue weighted by atomic mass is 35.5. The molecule has 2 aliphatic rings. The normalized spacial score (nSPS) is 21.5. The van der Waals surface area contributed by atoms with E-state index < -0.39 is 11.9 Å². The number of benzene rings is 4. The van der Waals surface area contributed by atoms with E-state index in [0.717, 1.165) is 58.6 Å². The molecule has 4 aromatic rings. The molecule has 0 spiro atoms. The third-order valence-corrected chi connectivity index (χ3v) is 9.38. The molecular formula is C38H41ClN2O5. The van der Waals surface area contributed by atoms with Crippen molar-refractivity contribution in [1.29, 1.82) is 0 Å². The Morgan fingerprint density at radius 2 is 1.59 bits per heavy atom. The first-order valence-electron chi connectivity index (χ1n) is 15.9. The van der Waals surface area contributed by atoms with Crippen LogP contribution in [0.2, 0.25) is 5.02 Å². The van der Waals surface area contributed by atoms with Crippen molar-refractivity contribution in [2.24, 2.45) is 0 Å². The average molecular weight is 641 g/mol. The van der Waals surface area contributed by atoms with E-state index >= 15 is 0 Å². The van der Waals surface area contributed by atoms with E-state index in [-0.39, 0.29) is 24.7 Å². The quantitative estimate of drug-likeness (QED) is 0.189. The van der Waals surface area contributed by atoms with Crippen molar-refractivity contribution >= 4 is 17.5 Å². The number of hydrogen-bond acceptors (Lipinski definition) is 6. The lowest BCUT2D eigenvalue weighted by atomic mass is 9.84. The van der Waals surface area contributed by atoms with Crippen molar-refractivity contribution in [3.05, 3.63) is 130 Å². The summed E-state index contributed by atoms with van der Waals surface area (Å²) >= 11 is 6.08. The summed E-state index contributed by atoms with van der Waals surface area (Å²) in [6.07, 6.45) is 1.19. The van der Waals surface area contributed by atoms with Gasteiger partial charge in [-0.2, -0.15) is 0 Å². The van der Waals surface area contributed by atoms with Crippen LogP contribution in [0.5, 0.6) is 0 Å². The Morgan fingerprint density at radius 3 is 2.26 bits per heavy atom. The molecule has 3 atom stereocenters. The van der Waals surface area contributed by atoms with Gasteiger partial charge in [0.15, 0.2) is 6.29 Å². The third kappa shape index (κ3) is 7.86. The molecule has 0 aliphatic carbocycles. The number of rotatable bonds is 9. The lowest BCUT2D eigenvalue weighted by Crippen LogP contribution is -2.46. The number of halogens is 1. The van der Waals surface area contributed by atoms with Crippen LogP contribution in [0, 0.1) is 0 Å². The Bertz CT molecular complexity index is 1600. The maximum absolute atomic E-state index is 11.4. The summed E-state index contributed by atoms with van der Waals surface area (Å²) in [6, 6.07) is 31.9. The molecule has 0 aromatic heterocycles. The second kappa shape index (κ2) is 14.5. The lowest BCUT2D eigenvalue weighted by Gasteiger charge is -2.42. The maximum Gasteiger partial charge on any atom is 0.217 e. The number of amides is 1. The van der Waals surface area contributed by atoms with Gasteiger partial charge in [-0.25, -0.2) is 0 Å². The molecule has 2 aliphatic heterocycles. The minimum atomic E-state index is -0.859. The molecular weight excluding hydrogens is 600 g/mol. The van der Waals surface area contributed by atoms with Gasteiger partial charge in [0.2, 0.25) is 5.91 Å². The van der Waals surface area contributed by atoms with Gasteiger partial charge < -0.3 is 29.9 Å². The lowest BCUT2D eigenvalue weighted by molar-refractivity contribution is -0.253. The van der Waals surface area contributed by atoms with Gasteiger partial charge in [0.1, 0.15) is 0 Å². The highest BCUT2D eigenvalue weighted by Gasteiger charge is 2.37. The molecule has 6 rings (SSSR count). The summed E-state index contributed by atoms with van der Waals surface area (Å²) in [6.45, 7) is 4.27. The van der Waals surface area contributed by atoms with Crippen LogP contribution in [0.15, 0.2) is 97.1 Å². The average Bonchev–Trinajstić information content (AvgIpc) is 3.09. The Kier molecular flexibility index (Phi) is 10.2. The molecule has 1 amide bonds. The SMILES string of the molecule is CC(=O)NCc1cccc(-c2ccc([C@@H]3O[C@H](CN4CCC(O)(c5ccc(Cl)cc5)CC4)C[C@H](c4ccc(CO)cc4)O3)cc2)c1. The zero-order valence-corrected chi connectivity index (χ0v) is 26.8. The van der Waals surface area contributed by atoms with Gasteiger partial charge in [0.05, 0.1) is 24.4 Å². The fourth-order valence-corrected chi connectivity index (χ4v) is 6.52. The molecule has 0 saturated carbocycles. The van der Waals surface area contributed by atoms with Gasteiger partial charge in [0.25, 0.3) is 0 Å². The largest absolute Gasteiger partial charge is 0.392 e. The van der Waals surface area contributed by atoms with Gasteiger partial charge >= 0.3 is 0 Å². The Hall–Kier alpha value is -3.56. The van der Waals surface area contributed by atoms with Crippen LogP contribution in [-0.2, 0) is 33.0 Å². The summed E-state index contributed by atoms with van der Waals surface area (Å²) in [5.41, 5.74) is 6.09. The number of nitrogens with one attached hydrogen (secondary N) is 1. The number of likely N-dealkylation sites (tertiary alicyclic amines) is 1. The van der Waals surface area contributed by atoms with E-state index in [1.165, 1.54) is 6.92 Å². The van der Waals surface area contributed by atoms with Crippen LogP contribution < -0.4 is 5.32 Å². The van der Waals surface area contributed by atoms with Gasteiger partial charge in [-0.3, -0.25) is 4.79 Å². The maximum atomic E-state index is 11.4. The molecule has 2 fully saturated rings. The molecule has 0 bridgehead atoms. The first-order valence-corrected chi connectivity index (χ1v) is 16.3. The molecule has 8 heteroatoms. The van der Waals surface area contributed by atoms with Gasteiger partial charge in [0, 0.05) is 50.1 Å². The Morgan fingerprint density at radius 1 is 0.891 bits per heavy atom. The number of aliphatic hydroxyl groups is 2. The van der Waals surface area contributed by atoms with Crippen molar-refractivity contribution in [2.75, 3.05) is 19.6 Å². The van der Waals surface area contributed by atoms with Crippen molar-refractivity contribution in [3.8, 4) is 11.1 Å². The van der Waals surface area contributed by atoms with Gasteiger partial charge in [-0.05, 0) is 64.4 Å². The molecule has 4 aromatic carbocycles. The smallest absolute Gasteiger partial charge is 0.217 e. The van der Waals surface area contributed by atoms with Crippen LogP contribution >= 0.6 is 11.6 Å². The summed E-state index contributed by atoms with van der Waals surface area (Å²) in [4.78, 5) is 13.7. The third-order valence-electron chi connectivity index (χ3n) is 9.13. The van der Waals surface area contributed by atoms with Crippen LogP contribution in [0.4, 0.5) is 0 Å². The van der Waals surface area contributed by atoms with Crippen LogP contribution in [0.1, 0.15) is 66.4 Å². The number of carbonyl (C=O) groups excluding carboxylic acids is 1. The minimum absolute atomic E-state index is 0.00000970. The molecule has 2 saturated heterocycles. The molecule has 3 N–H and O–H groups in total. The molecule has 46 heavy (non-hydrogen) atoms. The van der Waals surface area contributed by atoms with Crippen molar-refractivity contribution in [3.63, 3.8) is 0 Å². The summed E-state index contributed by atoms with van der Waals surface area (Å²) in [5.74, 6) is -0.0529. The fourth-order valence-electron chi connectivity index (χ4n) is 6.40. The van der Waals surface area contributed by atoms with Crippen LogP contribution in [0.3, 0.4) is 0 Å². The van der Waals surface area contributed by atoms with E-state index in [4.69, 9.17) is 21.1 Å². The zero-order valence-electron chi connectivity index (χ0n) is 26.1. The van der Waals surface area contributed by atoms with Gasteiger partial charge in [-0.15, -0.1) is 0 Å². The first kappa shape index (κ1) is 32.4. The summed E-state index contributed by atoms with van der Waals surface area (Å²) in [5, 5.41) is 24.5. The van der Waals surface area contributed by atoms with E-state index in [1.807, 2.05) is 60.7 Å². The first-order chi connectivity index (χ1) is 22.3. The molecule has 2 heterocycles. The van der Waals surface area contributed by atoms with Crippen molar-refractivity contribution in [2.45, 2.75) is 63.4 Å². The Labute approximate surface area is 275 Å². The fraction of sp³-hybridized carbons (Fsp3) is 0.342. The predicted octanol–water partition coefficient (Wildman–Crippen LogP) is 6.66. The van der Waals surface area contributed by atoms with Crippen molar-refractivity contribution < 1.29 is 24.5 Å². The number of carbonyl (C=O) groups is 1.